The molecule has 4 heteroatoms. The lowest BCUT2D eigenvalue weighted by atomic mass is 9.47. The molecule has 4 aliphatic rings. The molecule has 41 heavy (non-hydrogen) atoms. The highest BCUT2D eigenvalue weighted by molar-refractivity contribution is 5.80. The first-order valence-electron chi connectivity index (χ1n) is 16.6. The van der Waals surface area contributed by atoms with Gasteiger partial charge in [0.25, 0.3) is 0 Å². The Morgan fingerprint density at radius 2 is 1.71 bits per heavy atom. The van der Waals surface area contributed by atoms with Gasteiger partial charge in [0.15, 0.2) is 0 Å². The Kier molecular flexibility index (Phi) is 9.07. The second-order valence-electron chi connectivity index (χ2n) is 15.0. The zero-order chi connectivity index (χ0) is 29.4. The highest BCUT2D eigenvalue weighted by Crippen LogP contribution is 2.67. The smallest absolute Gasteiger partial charge is 0.352 e. The van der Waals surface area contributed by atoms with Gasteiger partial charge >= 0.3 is 11.9 Å². The van der Waals surface area contributed by atoms with Crippen LogP contribution in [0.15, 0.2) is 42.0 Å². The third kappa shape index (κ3) is 6.04. The summed E-state index contributed by atoms with van der Waals surface area (Å²) in [6, 6.07) is 9.22. The molecule has 4 nitrogen and oxygen atoms in total. The Bertz CT molecular complexity index is 1110. The van der Waals surface area contributed by atoms with E-state index >= 15 is 0 Å². The van der Waals surface area contributed by atoms with Crippen molar-refractivity contribution in [1.82, 2.24) is 0 Å². The van der Waals surface area contributed by atoms with Gasteiger partial charge in [-0.25, -0.2) is 4.79 Å². The summed E-state index contributed by atoms with van der Waals surface area (Å²) in [7, 11) is 0. The van der Waals surface area contributed by atoms with Crippen LogP contribution in [-0.4, -0.2) is 18.0 Å². The number of carbonyl (C=O) groups excluding carboxylic acids is 2. The quantitative estimate of drug-likeness (QED) is 0.222. The molecule has 9 atom stereocenters. The van der Waals surface area contributed by atoms with Crippen LogP contribution in [0.4, 0.5) is 0 Å². The summed E-state index contributed by atoms with van der Waals surface area (Å²) in [5, 5.41) is 0. The number of hydrogen-bond donors (Lipinski definition) is 0. The summed E-state index contributed by atoms with van der Waals surface area (Å²) in [6.07, 6.45) is 15.0. The zero-order valence-electron chi connectivity index (χ0n) is 26.5. The molecule has 1 aromatic rings. The number of fused-ring (bicyclic) bond motifs is 5. The molecule has 5 rings (SSSR count). The van der Waals surface area contributed by atoms with E-state index in [0.717, 1.165) is 54.8 Å². The number of hydrogen-bond acceptors (Lipinski definition) is 4. The van der Waals surface area contributed by atoms with Crippen molar-refractivity contribution in [3.05, 3.63) is 47.5 Å². The molecule has 226 valence electrons. The van der Waals surface area contributed by atoms with E-state index < -0.39 is 18.0 Å². The Balaban J connectivity index is 1.25. The number of carbonyl (C=O) groups is 2. The van der Waals surface area contributed by atoms with Gasteiger partial charge in [0.2, 0.25) is 6.10 Å². The first kappa shape index (κ1) is 30.4. The zero-order valence-corrected chi connectivity index (χ0v) is 26.5. The van der Waals surface area contributed by atoms with Crippen LogP contribution in [0.3, 0.4) is 0 Å². The molecule has 3 fully saturated rings. The van der Waals surface area contributed by atoms with Crippen LogP contribution < -0.4 is 0 Å². The van der Waals surface area contributed by atoms with Crippen LogP contribution in [0.1, 0.15) is 124 Å². The van der Waals surface area contributed by atoms with E-state index in [4.69, 9.17) is 9.47 Å². The van der Waals surface area contributed by atoms with Crippen molar-refractivity contribution in [2.45, 2.75) is 124 Å². The monoisotopic (exact) mass is 562 g/mol. The maximum absolute atomic E-state index is 13.2. The average molecular weight is 563 g/mol. The van der Waals surface area contributed by atoms with E-state index in [-0.39, 0.29) is 11.5 Å². The van der Waals surface area contributed by atoms with Crippen molar-refractivity contribution < 1.29 is 19.1 Å². The van der Waals surface area contributed by atoms with E-state index in [1.807, 2.05) is 30.3 Å². The summed E-state index contributed by atoms with van der Waals surface area (Å²) in [5.41, 5.74) is 2.87. The highest BCUT2D eigenvalue weighted by Gasteiger charge is 2.59. The van der Waals surface area contributed by atoms with Gasteiger partial charge in [0.05, 0.1) is 0 Å². The van der Waals surface area contributed by atoms with E-state index in [1.54, 1.807) is 0 Å². The highest BCUT2D eigenvalue weighted by atomic mass is 16.6. The van der Waals surface area contributed by atoms with E-state index in [1.165, 1.54) is 63.9 Å². The van der Waals surface area contributed by atoms with Crippen molar-refractivity contribution in [3.63, 3.8) is 0 Å². The maximum atomic E-state index is 13.2. The predicted molar refractivity (Wildman–Crippen MR) is 164 cm³/mol. The first-order valence-corrected chi connectivity index (χ1v) is 16.6. The van der Waals surface area contributed by atoms with Crippen LogP contribution in [0.2, 0.25) is 0 Å². The van der Waals surface area contributed by atoms with E-state index in [0.29, 0.717) is 11.0 Å². The van der Waals surface area contributed by atoms with E-state index in [2.05, 4.69) is 40.7 Å². The SMILES string of the molecule is CC(=O)O[C@H](C(=O)O[C@@H]1CC[C@@]2(C)C(=CC[C@H]3[C@@H]4CC[C@H]([C@H](C)CCCC(C)C)[C@@]4(C)CC[C@@H]32)C1)c1ccccc1. The molecular weight excluding hydrogens is 508 g/mol. The van der Waals surface area contributed by atoms with Crippen LogP contribution >= 0.6 is 0 Å². The van der Waals surface area contributed by atoms with Gasteiger partial charge in [0.1, 0.15) is 6.10 Å². The maximum Gasteiger partial charge on any atom is 0.352 e. The standard InChI is InChI=1S/C37H54O4/c1-24(2)11-10-12-25(3)31-17-18-32-30-16-15-28-23-29(19-21-36(28,5)33(30)20-22-37(31,32)6)41-35(39)34(40-26(4)38)27-13-8-7-9-14-27/h7-9,13-15,24-25,29-34H,10-12,16-23H2,1-6H3/t25-,29-,30+,31-,32+,33+,34+,36+,37-/m1/s1. The summed E-state index contributed by atoms with van der Waals surface area (Å²) < 4.78 is 11.5. The third-order valence-electron chi connectivity index (χ3n) is 12.1. The third-order valence-corrected chi connectivity index (χ3v) is 12.1. The summed E-state index contributed by atoms with van der Waals surface area (Å²) >= 11 is 0. The fraction of sp³-hybridized carbons (Fsp3) is 0.730. The topological polar surface area (TPSA) is 52.6 Å². The molecule has 0 bridgehead atoms. The number of rotatable bonds is 9. The largest absolute Gasteiger partial charge is 0.459 e. The summed E-state index contributed by atoms with van der Waals surface area (Å²) in [5.74, 6) is 3.97. The molecule has 4 aliphatic carbocycles. The second-order valence-corrected chi connectivity index (χ2v) is 15.0. The molecule has 0 heterocycles. The van der Waals surface area contributed by atoms with Crippen molar-refractivity contribution in [2.24, 2.45) is 46.3 Å². The number of benzene rings is 1. The van der Waals surface area contributed by atoms with Gasteiger partial charge in [-0.3, -0.25) is 4.79 Å². The number of allylic oxidation sites excluding steroid dienone is 1. The lowest BCUT2D eigenvalue weighted by Crippen LogP contribution is -2.51. The molecular formula is C37H54O4. The van der Waals surface area contributed by atoms with Crippen molar-refractivity contribution in [1.29, 1.82) is 0 Å². The molecule has 0 N–H and O–H groups in total. The van der Waals surface area contributed by atoms with Gasteiger partial charge in [0, 0.05) is 18.9 Å². The minimum absolute atomic E-state index is 0.156. The van der Waals surface area contributed by atoms with Gasteiger partial charge in [-0.2, -0.15) is 0 Å². The number of esters is 2. The summed E-state index contributed by atoms with van der Waals surface area (Å²) in [4.78, 5) is 25.0. The minimum atomic E-state index is -1.01. The van der Waals surface area contributed by atoms with Crippen molar-refractivity contribution in [3.8, 4) is 0 Å². The van der Waals surface area contributed by atoms with Gasteiger partial charge in [-0.15, -0.1) is 0 Å². The number of ether oxygens (including phenoxy) is 2. The molecule has 0 aromatic heterocycles. The van der Waals surface area contributed by atoms with Crippen LogP contribution in [0.5, 0.6) is 0 Å². The van der Waals surface area contributed by atoms with Gasteiger partial charge < -0.3 is 9.47 Å². The lowest BCUT2D eigenvalue weighted by Gasteiger charge is -2.58. The molecule has 3 saturated carbocycles. The van der Waals surface area contributed by atoms with Crippen LogP contribution in [-0.2, 0) is 19.1 Å². The molecule has 0 amide bonds. The minimum Gasteiger partial charge on any atom is -0.459 e. The molecule has 0 spiro atoms. The Morgan fingerprint density at radius 3 is 2.41 bits per heavy atom. The fourth-order valence-electron chi connectivity index (χ4n) is 10.0. The molecule has 1 aromatic carbocycles. The van der Waals surface area contributed by atoms with Crippen LogP contribution in [0, 0.1) is 46.3 Å². The van der Waals surface area contributed by atoms with Crippen LogP contribution in [0.25, 0.3) is 0 Å². The molecule has 0 radical (unpaired) electrons. The fourth-order valence-corrected chi connectivity index (χ4v) is 10.0. The first-order chi connectivity index (χ1) is 19.5. The van der Waals surface area contributed by atoms with Crippen molar-refractivity contribution >= 4 is 11.9 Å². The normalized spacial score (nSPS) is 35.9. The van der Waals surface area contributed by atoms with Gasteiger partial charge in [-0.05, 0) is 91.3 Å². The average Bonchev–Trinajstić information content (AvgIpc) is 3.29. The molecule has 0 unspecified atom stereocenters. The summed E-state index contributed by atoms with van der Waals surface area (Å²) in [6.45, 7) is 13.8. The Labute approximate surface area is 249 Å². The molecule has 0 saturated heterocycles. The molecule has 0 aliphatic heterocycles. The van der Waals surface area contributed by atoms with Crippen molar-refractivity contribution in [2.75, 3.05) is 0 Å². The second kappa shape index (κ2) is 12.3. The Morgan fingerprint density at radius 1 is 0.951 bits per heavy atom. The Hall–Kier alpha value is -2.10. The predicted octanol–water partition coefficient (Wildman–Crippen LogP) is 9.24. The lowest BCUT2D eigenvalue weighted by molar-refractivity contribution is -0.172. The van der Waals surface area contributed by atoms with E-state index in [9.17, 15) is 9.59 Å². The van der Waals surface area contributed by atoms with Gasteiger partial charge in [-0.1, -0.05) is 95.9 Å².